The summed E-state index contributed by atoms with van der Waals surface area (Å²) >= 11 is 0. The highest BCUT2D eigenvalue weighted by molar-refractivity contribution is 5.92. The summed E-state index contributed by atoms with van der Waals surface area (Å²) in [6.45, 7) is 2.06. The Labute approximate surface area is 162 Å². The Hall–Kier alpha value is -3.12. The summed E-state index contributed by atoms with van der Waals surface area (Å²) in [5.41, 5.74) is 1.58. The van der Waals surface area contributed by atoms with E-state index in [1.54, 1.807) is 12.1 Å². The number of amides is 1. The molecule has 0 unspecified atom stereocenters. The molecular weight excluding hydrogens is 356 g/mol. The van der Waals surface area contributed by atoms with E-state index in [0.717, 1.165) is 36.0 Å². The fraction of sp³-hybridized carbons (Fsp3) is 0.273. The molecule has 2 heterocycles. The Morgan fingerprint density at radius 1 is 1.18 bits per heavy atom. The minimum atomic E-state index is -0.441. The van der Waals surface area contributed by atoms with E-state index in [2.05, 4.69) is 10.2 Å². The highest BCUT2D eigenvalue weighted by Gasteiger charge is 2.26. The smallest absolute Gasteiger partial charge is 0.336 e. The Morgan fingerprint density at radius 3 is 2.82 bits per heavy atom. The molecule has 1 aromatic heterocycles. The third kappa shape index (κ3) is 4.07. The molecule has 0 aliphatic carbocycles. The first kappa shape index (κ1) is 18.3. The van der Waals surface area contributed by atoms with Crippen molar-refractivity contribution in [2.45, 2.75) is 19.4 Å². The lowest BCUT2D eigenvalue weighted by molar-refractivity contribution is -0.121. The van der Waals surface area contributed by atoms with Crippen molar-refractivity contribution in [2.75, 3.05) is 18.4 Å². The number of para-hydroxylation sites is 1. The van der Waals surface area contributed by atoms with Gasteiger partial charge in [0.1, 0.15) is 11.3 Å². The number of anilines is 1. The Bertz CT molecular complexity index is 1050. The zero-order valence-electron chi connectivity index (χ0n) is 15.4. The summed E-state index contributed by atoms with van der Waals surface area (Å²) in [5, 5.41) is 13.4. The minimum Gasteiger partial charge on any atom is -0.508 e. The van der Waals surface area contributed by atoms with E-state index < -0.39 is 5.63 Å². The molecule has 0 spiro atoms. The van der Waals surface area contributed by atoms with Crippen LogP contribution < -0.4 is 10.9 Å². The molecule has 1 aliphatic heterocycles. The number of benzene rings is 2. The maximum atomic E-state index is 12.6. The molecule has 1 saturated heterocycles. The molecule has 2 N–H and O–H groups in total. The highest BCUT2D eigenvalue weighted by atomic mass is 16.4. The fourth-order valence-corrected chi connectivity index (χ4v) is 3.77. The molecule has 28 heavy (non-hydrogen) atoms. The van der Waals surface area contributed by atoms with E-state index >= 15 is 0 Å². The Morgan fingerprint density at radius 2 is 2.00 bits per heavy atom. The minimum absolute atomic E-state index is 0.0262. The molecule has 0 saturated carbocycles. The number of fused-ring (bicyclic) bond motifs is 1. The van der Waals surface area contributed by atoms with Gasteiger partial charge in [0.2, 0.25) is 5.91 Å². The zero-order valence-corrected chi connectivity index (χ0v) is 15.4. The van der Waals surface area contributed by atoms with Gasteiger partial charge < -0.3 is 14.8 Å². The summed E-state index contributed by atoms with van der Waals surface area (Å²) in [7, 11) is 0. The van der Waals surface area contributed by atoms with Gasteiger partial charge in [0.15, 0.2) is 0 Å². The first-order chi connectivity index (χ1) is 13.6. The maximum absolute atomic E-state index is 12.6. The molecule has 1 fully saturated rings. The largest absolute Gasteiger partial charge is 0.508 e. The van der Waals surface area contributed by atoms with Crippen LogP contribution in [0.5, 0.6) is 5.75 Å². The molecule has 4 rings (SSSR count). The van der Waals surface area contributed by atoms with Crippen molar-refractivity contribution in [3.8, 4) is 5.75 Å². The SMILES string of the molecule is O=C(Nc1ccccc1)[C@H]1CCCN(Cc2cc(=O)oc3cc(O)ccc23)C1. The molecular formula is C22H22N2O4. The Balaban J connectivity index is 1.49. The van der Waals surface area contributed by atoms with Crippen LogP contribution in [0.4, 0.5) is 5.69 Å². The van der Waals surface area contributed by atoms with Crippen molar-refractivity contribution in [3.63, 3.8) is 0 Å². The van der Waals surface area contributed by atoms with Gasteiger partial charge >= 0.3 is 5.63 Å². The highest BCUT2D eigenvalue weighted by Crippen LogP contribution is 2.25. The number of nitrogens with zero attached hydrogens (tertiary/aromatic N) is 1. The number of carbonyl (C=O) groups is 1. The van der Waals surface area contributed by atoms with E-state index in [1.807, 2.05) is 30.3 Å². The maximum Gasteiger partial charge on any atom is 0.336 e. The molecule has 1 atom stereocenters. The molecule has 1 amide bonds. The lowest BCUT2D eigenvalue weighted by Gasteiger charge is -2.32. The molecule has 6 nitrogen and oxygen atoms in total. The number of phenolic OH excluding ortho intramolecular Hbond substituents is 1. The standard InChI is InChI=1S/C22H22N2O4/c25-18-8-9-19-16(11-21(26)28-20(19)12-18)14-24-10-4-5-15(13-24)22(27)23-17-6-2-1-3-7-17/h1-3,6-9,11-12,15,25H,4-5,10,13-14H2,(H,23,27)/t15-/m0/s1. The average molecular weight is 378 g/mol. The van der Waals surface area contributed by atoms with Crippen LogP contribution in [0.25, 0.3) is 11.0 Å². The third-order valence-electron chi connectivity index (χ3n) is 5.13. The lowest BCUT2D eigenvalue weighted by Crippen LogP contribution is -2.40. The van der Waals surface area contributed by atoms with Gasteiger partial charge in [0, 0.05) is 36.3 Å². The number of likely N-dealkylation sites (tertiary alicyclic amines) is 1. The molecule has 6 heteroatoms. The van der Waals surface area contributed by atoms with Crippen molar-refractivity contribution in [1.29, 1.82) is 0 Å². The number of phenols is 1. The van der Waals surface area contributed by atoms with Gasteiger partial charge in [-0.2, -0.15) is 0 Å². The summed E-state index contributed by atoms with van der Waals surface area (Å²) in [6.07, 6.45) is 1.77. The van der Waals surface area contributed by atoms with E-state index in [0.29, 0.717) is 18.7 Å². The van der Waals surface area contributed by atoms with Crippen molar-refractivity contribution in [1.82, 2.24) is 4.90 Å². The number of rotatable bonds is 4. The first-order valence-corrected chi connectivity index (χ1v) is 9.42. The van der Waals surface area contributed by atoms with Gasteiger partial charge in [0.05, 0.1) is 5.92 Å². The third-order valence-corrected chi connectivity index (χ3v) is 5.13. The van der Waals surface area contributed by atoms with Crippen molar-refractivity contribution in [3.05, 3.63) is 70.6 Å². The predicted octanol–water partition coefficient (Wildman–Crippen LogP) is 3.35. The second-order valence-corrected chi connectivity index (χ2v) is 7.20. The summed E-state index contributed by atoms with van der Waals surface area (Å²) in [5.74, 6) is -0.00828. The molecule has 2 aromatic carbocycles. The fourth-order valence-electron chi connectivity index (χ4n) is 3.77. The van der Waals surface area contributed by atoms with Crippen LogP contribution in [0.2, 0.25) is 0 Å². The van der Waals surface area contributed by atoms with E-state index in [-0.39, 0.29) is 17.6 Å². The number of hydrogen-bond acceptors (Lipinski definition) is 5. The number of nitrogens with one attached hydrogen (secondary N) is 1. The van der Waals surface area contributed by atoms with E-state index in [1.165, 1.54) is 12.1 Å². The van der Waals surface area contributed by atoms with Crippen LogP contribution in [-0.4, -0.2) is 29.0 Å². The van der Waals surface area contributed by atoms with Gasteiger partial charge in [0.25, 0.3) is 0 Å². The quantitative estimate of drug-likeness (QED) is 0.681. The second-order valence-electron chi connectivity index (χ2n) is 7.20. The van der Waals surface area contributed by atoms with Crippen LogP contribution in [0.15, 0.2) is 63.8 Å². The van der Waals surface area contributed by atoms with E-state index in [4.69, 9.17) is 4.42 Å². The Kier molecular flexibility index (Phi) is 5.12. The predicted molar refractivity (Wildman–Crippen MR) is 107 cm³/mol. The second kappa shape index (κ2) is 7.86. The van der Waals surface area contributed by atoms with Gasteiger partial charge in [-0.15, -0.1) is 0 Å². The summed E-state index contributed by atoms with van der Waals surface area (Å²) in [4.78, 5) is 26.7. The first-order valence-electron chi connectivity index (χ1n) is 9.42. The average Bonchev–Trinajstić information content (AvgIpc) is 2.68. The number of aromatic hydroxyl groups is 1. The van der Waals surface area contributed by atoms with Crippen molar-refractivity contribution >= 4 is 22.6 Å². The number of hydrogen-bond donors (Lipinski definition) is 2. The number of piperidine rings is 1. The van der Waals surface area contributed by atoms with Gasteiger partial charge in [-0.1, -0.05) is 18.2 Å². The summed E-state index contributed by atoms with van der Waals surface area (Å²) < 4.78 is 5.20. The zero-order chi connectivity index (χ0) is 19.5. The van der Waals surface area contributed by atoms with E-state index in [9.17, 15) is 14.7 Å². The normalized spacial score (nSPS) is 17.5. The van der Waals surface area contributed by atoms with Crippen LogP contribution in [-0.2, 0) is 11.3 Å². The van der Waals surface area contributed by atoms with Gasteiger partial charge in [-0.3, -0.25) is 9.69 Å². The topological polar surface area (TPSA) is 82.8 Å². The monoisotopic (exact) mass is 378 g/mol. The molecule has 3 aromatic rings. The van der Waals surface area contributed by atoms with Crippen LogP contribution in [0.1, 0.15) is 18.4 Å². The molecule has 1 aliphatic rings. The van der Waals surface area contributed by atoms with Gasteiger partial charge in [-0.05, 0) is 49.2 Å². The van der Waals surface area contributed by atoms with Crippen molar-refractivity contribution < 1.29 is 14.3 Å². The summed E-state index contributed by atoms with van der Waals surface area (Å²) in [6, 6.07) is 15.7. The van der Waals surface area contributed by atoms with Crippen molar-refractivity contribution in [2.24, 2.45) is 5.92 Å². The number of carbonyl (C=O) groups excluding carboxylic acids is 1. The van der Waals surface area contributed by atoms with Crippen LogP contribution >= 0.6 is 0 Å². The van der Waals surface area contributed by atoms with Crippen LogP contribution in [0, 0.1) is 5.92 Å². The lowest BCUT2D eigenvalue weighted by atomic mass is 9.96. The molecule has 144 valence electrons. The van der Waals surface area contributed by atoms with Crippen LogP contribution in [0.3, 0.4) is 0 Å². The molecule has 0 radical (unpaired) electrons. The van der Waals surface area contributed by atoms with Gasteiger partial charge in [-0.25, -0.2) is 4.79 Å². The molecule has 0 bridgehead atoms.